The minimum Gasteiger partial charge on any atom is -0.486 e. The van der Waals surface area contributed by atoms with Crippen LogP contribution in [-0.2, 0) is 0 Å². The number of amides is 1. The monoisotopic (exact) mass is 321 g/mol. The molecule has 1 amide bonds. The number of aryl methyl sites for hydroxylation is 1. The second-order valence-corrected chi connectivity index (χ2v) is 5.30. The van der Waals surface area contributed by atoms with Crippen molar-refractivity contribution in [2.75, 3.05) is 13.1 Å². The fourth-order valence-electron chi connectivity index (χ4n) is 2.33. The number of hydrogen-bond acceptors (Lipinski definition) is 4. The molecule has 1 aliphatic heterocycles. The zero-order valence-electron chi connectivity index (χ0n) is 12.2. The van der Waals surface area contributed by atoms with Crippen LogP contribution in [0.15, 0.2) is 39.5 Å². The number of halogens is 2. The van der Waals surface area contributed by atoms with Crippen molar-refractivity contribution in [1.29, 1.82) is 0 Å². The highest BCUT2D eigenvalue weighted by Gasteiger charge is 2.33. The smallest absolute Gasteiger partial charge is 0.339 e. The van der Waals surface area contributed by atoms with Gasteiger partial charge in [0.2, 0.25) is 0 Å². The van der Waals surface area contributed by atoms with Crippen molar-refractivity contribution >= 4 is 5.91 Å². The summed E-state index contributed by atoms with van der Waals surface area (Å²) in [5.74, 6) is -1.64. The highest BCUT2D eigenvalue weighted by atomic mass is 19.2. The molecule has 120 valence electrons. The number of benzene rings is 1. The fraction of sp³-hybridized carbons (Fsp3) is 0.250. The Morgan fingerprint density at radius 3 is 2.61 bits per heavy atom. The van der Waals surface area contributed by atoms with E-state index in [0.717, 1.165) is 12.1 Å². The summed E-state index contributed by atoms with van der Waals surface area (Å²) < 4.78 is 36.4. The number of rotatable bonds is 3. The van der Waals surface area contributed by atoms with Crippen LogP contribution in [0, 0.1) is 18.6 Å². The Hall–Kier alpha value is -2.70. The summed E-state index contributed by atoms with van der Waals surface area (Å²) in [4.78, 5) is 24.8. The van der Waals surface area contributed by atoms with Gasteiger partial charge in [0, 0.05) is 11.6 Å². The second kappa shape index (κ2) is 5.83. The molecule has 1 aromatic heterocycles. The summed E-state index contributed by atoms with van der Waals surface area (Å²) in [6.07, 6.45) is -0.259. The summed E-state index contributed by atoms with van der Waals surface area (Å²) in [7, 11) is 0. The average molecular weight is 321 g/mol. The van der Waals surface area contributed by atoms with E-state index >= 15 is 0 Å². The van der Waals surface area contributed by atoms with Gasteiger partial charge in [-0.1, -0.05) is 0 Å². The van der Waals surface area contributed by atoms with Crippen molar-refractivity contribution in [2.24, 2.45) is 0 Å². The van der Waals surface area contributed by atoms with Crippen molar-refractivity contribution < 1.29 is 22.7 Å². The highest BCUT2D eigenvalue weighted by Crippen LogP contribution is 2.20. The van der Waals surface area contributed by atoms with Crippen LogP contribution in [0.3, 0.4) is 0 Å². The molecule has 2 aromatic rings. The van der Waals surface area contributed by atoms with E-state index in [9.17, 15) is 18.4 Å². The van der Waals surface area contributed by atoms with E-state index in [-0.39, 0.29) is 11.7 Å². The van der Waals surface area contributed by atoms with E-state index < -0.39 is 23.2 Å². The lowest BCUT2D eigenvalue weighted by Crippen LogP contribution is -2.56. The summed E-state index contributed by atoms with van der Waals surface area (Å²) in [5, 5.41) is 0. The third-order valence-electron chi connectivity index (χ3n) is 3.47. The molecule has 0 aliphatic carbocycles. The first-order valence-corrected chi connectivity index (χ1v) is 6.95. The molecule has 1 aliphatic rings. The van der Waals surface area contributed by atoms with Gasteiger partial charge in [-0.3, -0.25) is 4.79 Å². The lowest BCUT2D eigenvalue weighted by Gasteiger charge is -2.38. The summed E-state index contributed by atoms with van der Waals surface area (Å²) >= 11 is 0. The van der Waals surface area contributed by atoms with Crippen LogP contribution in [0.25, 0.3) is 0 Å². The Balaban J connectivity index is 1.61. The summed E-state index contributed by atoms with van der Waals surface area (Å²) in [6.45, 7) is 2.24. The Bertz CT molecular complexity index is 812. The molecule has 0 saturated carbocycles. The van der Waals surface area contributed by atoms with Gasteiger partial charge in [0.15, 0.2) is 11.6 Å². The molecule has 5 nitrogen and oxygen atoms in total. The van der Waals surface area contributed by atoms with Crippen LogP contribution < -0.4 is 10.4 Å². The van der Waals surface area contributed by atoms with Crippen LogP contribution in [-0.4, -0.2) is 30.0 Å². The minimum absolute atomic E-state index is 0.0820. The predicted molar refractivity (Wildman–Crippen MR) is 76.4 cm³/mol. The molecule has 3 rings (SSSR count). The Kier molecular flexibility index (Phi) is 3.85. The average Bonchev–Trinajstić information content (AvgIpc) is 2.43. The van der Waals surface area contributed by atoms with E-state index in [2.05, 4.69) is 0 Å². The lowest BCUT2D eigenvalue weighted by molar-refractivity contribution is 0.0174. The maximum Gasteiger partial charge on any atom is 0.339 e. The molecular weight excluding hydrogens is 308 g/mol. The number of carbonyl (C=O) groups excluding carboxylic acids is 1. The molecule has 0 N–H and O–H groups in total. The molecule has 0 bridgehead atoms. The lowest BCUT2D eigenvalue weighted by atomic mass is 10.1. The first-order chi connectivity index (χ1) is 10.9. The summed E-state index contributed by atoms with van der Waals surface area (Å²) in [6, 6.07) is 5.84. The Labute approximate surface area is 130 Å². The fourth-order valence-corrected chi connectivity index (χ4v) is 2.33. The maximum absolute atomic E-state index is 13.2. The predicted octanol–water partition coefficient (Wildman–Crippen LogP) is 2.13. The van der Waals surface area contributed by atoms with Crippen LogP contribution in [0.5, 0.6) is 5.75 Å². The van der Waals surface area contributed by atoms with E-state index in [1.54, 1.807) is 13.0 Å². The Morgan fingerprint density at radius 2 is 1.96 bits per heavy atom. The Morgan fingerprint density at radius 1 is 1.22 bits per heavy atom. The quantitative estimate of drug-likeness (QED) is 0.869. The third-order valence-corrected chi connectivity index (χ3v) is 3.47. The van der Waals surface area contributed by atoms with E-state index in [4.69, 9.17) is 9.15 Å². The molecule has 1 fully saturated rings. The van der Waals surface area contributed by atoms with E-state index in [1.165, 1.54) is 17.0 Å². The molecule has 1 aromatic carbocycles. The standard InChI is InChI=1S/C16H13F2NO4/c1-9-4-11(6-15(20)22-9)23-12-7-19(8-12)16(21)10-2-3-13(17)14(18)5-10/h2-6,12H,7-8H2,1H3. The van der Waals surface area contributed by atoms with Gasteiger partial charge in [-0.2, -0.15) is 0 Å². The SMILES string of the molecule is Cc1cc(OC2CN(C(=O)c3ccc(F)c(F)c3)C2)cc(=O)o1. The number of carbonyl (C=O) groups is 1. The zero-order chi connectivity index (χ0) is 16.6. The molecule has 7 heteroatoms. The number of nitrogens with zero attached hydrogens (tertiary/aromatic N) is 1. The van der Waals surface area contributed by atoms with Crippen molar-refractivity contribution in [3.05, 3.63) is 63.7 Å². The molecule has 0 atom stereocenters. The zero-order valence-corrected chi connectivity index (χ0v) is 12.2. The van der Waals surface area contributed by atoms with E-state index in [0.29, 0.717) is 24.6 Å². The van der Waals surface area contributed by atoms with Gasteiger partial charge in [0.05, 0.1) is 19.2 Å². The highest BCUT2D eigenvalue weighted by molar-refractivity contribution is 5.94. The maximum atomic E-state index is 13.2. The molecular formula is C16H13F2NO4. The molecule has 0 unspecified atom stereocenters. The van der Waals surface area contributed by atoms with Gasteiger partial charge in [-0.05, 0) is 25.1 Å². The van der Waals surface area contributed by atoms with Crippen LogP contribution in [0.1, 0.15) is 16.1 Å². The normalized spacial score (nSPS) is 14.5. The largest absolute Gasteiger partial charge is 0.486 e. The molecule has 0 spiro atoms. The second-order valence-electron chi connectivity index (χ2n) is 5.30. The van der Waals surface area contributed by atoms with Gasteiger partial charge < -0.3 is 14.1 Å². The van der Waals surface area contributed by atoms with Crippen molar-refractivity contribution in [2.45, 2.75) is 13.0 Å². The van der Waals surface area contributed by atoms with Gasteiger partial charge in [0.25, 0.3) is 5.91 Å². The van der Waals surface area contributed by atoms with Crippen molar-refractivity contribution in [3.8, 4) is 5.75 Å². The molecule has 23 heavy (non-hydrogen) atoms. The third kappa shape index (κ3) is 3.23. The van der Waals surface area contributed by atoms with Crippen molar-refractivity contribution in [1.82, 2.24) is 4.90 Å². The van der Waals surface area contributed by atoms with Gasteiger partial charge >= 0.3 is 5.63 Å². The van der Waals surface area contributed by atoms with Gasteiger partial charge in [0.1, 0.15) is 17.6 Å². The molecule has 1 saturated heterocycles. The first kappa shape index (κ1) is 15.2. The van der Waals surface area contributed by atoms with Crippen LogP contribution >= 0.6 is 0 Å². The number of likely N-dealkylation sites (tertiary alicyclic amines) is 1. The minimum atomic E-state index is -1.06. The van der Waals surface area contributed by atoms with Crippen LogP contribution in [0.4, 0.5) is 8.78 Å². The van der Waals surface area contributed by atoms with Crippen molar-refractivity contribution in [3.63, 3.8) is 0 Å². The number of ether oxygens (including phenoxy) is 1. The summed E-state index contributed by atoms with van der Waals surface area (Å²) in [5.41, 5.74) is -0.424. The molecule has 2 heterocycles. The topological polar surface area (TPSA) is 59.8 Å². The molecule has 0 radical (unpaired) electrons. The number of hydrogen-bond donors (Lipinski definition) is 0. The van der Waals surface area contributed by atoms with Crippen LogP contribution in [0.2, 0.25) is 0 Å². The van der Waals surface area contributed by atoms with Gasteiger partial charge in [-0.25, -0.2) is 13.6 Å². The van der Waals surface area contributed by atoms with Gasteiger partial charge in [-0.15, -0.1) is 0 Å². The first-order valence-electron chi connectivity index (χ1n) is 6.95. The van der Waals surface area contributed by atoms with E-state index in [1.807, 2.05) is 0 Å².